The Morgan fingerprint density at radius 1 is 1.17 bits per heavy atom. The highest BCUT2D eigenvalue weighted by atomic mass is 32.1. The van der Waals surface area contributed by atoms with Crippen molar-refractivity contribution in [2.24, 2.45) is 0 Å². The van der Waals surface area contributed by atoms with Gasteiger partial charge in [0.25, 0.3) is 5.91 Å². The summed E-state index contributed by atoms with van der Waals surface area (Å²) in [7, 11) is 5.51. The fraction of sp³-hybridized carbons (Fsp3) is 0.294. The molecule has 3 rings (SSSR count). The van der Waals surface area contributed by atoms with Gasteiger partial charge in [-0.05, 0) is 19.1 Å². The molecular formula is C17H19N5OS. The van der Waals surface area contributed by atoms with E-state index in [1.807, 2.05) is 50.2 Å². The Balaban J connectivity index is 1.79. The van der Waals surface area contributed by atoms with Crippen molar-refractivity contribution in [2.45, 2.75) is 13.5 Å². The minimum atomic E-state index is -0.0999. The molecule has 0 aliphatic carbocycles. The van der Waals surface area contributed by atoms with Crippen LogP contribution < -0.4 is 4.90 Å². The first kappa shape index (κ1) is 16.3. The summed E-state index contributed by atoms with van der Waals surface area (Å²) in [6.07, 6.45) is 1.59. The third kappa shape index (κ3) is 3.21. The predicted molar refractivity (Wildman–Crippen MR) is 96.5 cm³/mol. The topological polar surface area (TPSA) is 62.2 Å². The van der Waals surface area contributed by atoms with Crippen LogP contribution in [0.3, 0.4) is 0 Å². The summed E-state index contributed by atoms with van der Waals surface area (Å²) in [5, 5.41) is 0.913. The molecule has 0 atom stereocenters. The second-order valence-corrected chi connectivity index (χ2v) is 6.92. The zero-order valence-corrected chi connectivity index (χ0v) is 15.0. The molecule has 6 nitrogen and oxygen atoms in total. The number of para-hydroxylation sites is 1. The molecule has 0 spiro atoms. The lowest BCUT2D eigenvalue weighted by atomic mass is 10.2. The molecule has 0 unspecified atom stereocenters. The average Bonchev–Trinajstić information content (AvgIpc) is 2.96. The van der Waals surface area contributed by atoms with E-state index in [0.717, 1.165) is 15.2 Å². The number of carbonyl (C=O) groups excluding carboxylic acids is 1. The lowest BCUT2D eigenvalue weighted by molar-refractivity contribution is 0.0783. The number of hydrogen-bond acceptors (Lipinski definition) is 6. The number of benzene rings is 1. The molecule has 0 saturated carbocycles. The second-order valence-electron chi connectivity index (χ2n) is 5.80. The van der Waals surface area contributed by atoms with E-state index < -0.39 is 0 Å². The van der Waals surface area contributed by atoms with Gasteiger partial charge in [-0.25, -0.2) is 15.0 Å². The maximum Gasteiger partial charge on any atom is 0.257 e. The van der Waals surface area contributed by atoms with E-state index in [9.17, 15) is 4.79 Å². The van der Waals surface area contributed by atoms with Crippen LogP contribution in [0.15, 0.2) is 30.5 Å². The number of hydrogen-bond donors (Lipinski definition) is 0. The van der Waals surface area contributed by atoms with Crippen molar-refractivity contribution in [2.75, 3.05) is 26.0 Å². The molecule has 0 aliphatic rings. The molecule has 2 heterocycles. The molecule has 0 saturated heterocycles. The zero-order chi connectivity index (χ0) is 17.3. The summed E-state index contributed by atoms with van der Waals surface area (Å²) in [5.74, 6) is 0.495. The first-order valence-electron chi connectivity index (χ1n) is 7.56. The molecule has 7 heteroatoms. The summed E-state index contributed by atoms with van der Waals surface area (Å²) in [4.78, 5) is 29.3. The average molecular weight is 341 g/mol. The number of aromatic nitrogens is 3. The minimum absolute atomic E-state index is 0.0999. The Labute approximate surface area is 144 Å². The van der Waals surface area contributed by atoms with Gasteiger partial charge in [0.15, 0.2) is 0 Å². The van der Waals surface area contributed by atoms with Gasteiger partial charge >= 0.3 is 0 Å². The number of rotatable bonds is 4. The fourth-order valence-corrected chi connectivity index (χ4v) is 3.37. The Morgan fingerprint density at radius 2 is 1.92 bits per heavy atom. The number of aryl methyl sites for hydroxylation is 1. The van der Waals surface area contributed by atoms with E-state index in [-0.39, 0.29) is 5.91 Å². The molecular weight excluding hydrogens is 322 g/mol. The van der Waals surface area contributed by atoms with Gasteiger partial charge in [0.2, 0.25) is 5.95 Å². The largest absolute Gasteiger partial charge is 0.347 e. The van der Waals surface area contributed by atoms with Crippen LogP contribution in [-0.2, 0) is 6.54 Å². The van der Waals surface area contributed by atoms with Crippen molar-refractivity contribution in [1.82, 2.24) is 19.9 Å². The molecule has 0 aliphatic heterocycles. The fourth-order valence-electron chi connectivity index (χ4n) is 2.35. The lowest BCUT2D eigenvalue weighted by Crippen LogP contribution is -2.27. The highest BCUT2D eigenvalue weighted by Gasteiger charge is 2.18. The molecule has 0 radical (unpaired) electrons. The number of anilines is 1. The van der Waals surface area contributed by atoms with Crippen molar-refractivity contribution >= 4 is 33.4 Å². The molecule has 0 bridgehead atoms. The van der Waals surface area contributed by atoms with Crippen molar-refractivity contribution < 1.29 is 4.79 Å². The van der Waals surface area contributed by atoms with Gasteiger partial charge in [0.05, 0.1) is 28.0 Å². The molecule has 2 aromatic heterocycles. The van der Waals surface area contributed by atoms with E-state index >= 15 is 0 Å². The number of thiazole rings is 1. The van der Waals surface area contributed by atoms with Gasteiger partial charge in [-0.2, -0.15) is 0 Å². The standard InChI is InChI=1S/C17H19N5OS/c1-11-12(9-18-17(19-11)21(2)3)16(23)22(4)10-15-20-13-7-5-6-8-14(13)24-15/h5-9H,10H2,1-4H3. The zero-order valence-electron chi connectivity index (χ0n) is 14.1. The smallest absolute Gasteiger partial charge is 0.257 e. The van der Waals surface area contributed by atoms with E-state index in [4.69, 9.17) is 0 Å². The van der Waals surface area contributed by atoms with Gasteiger partial charge in [0.1, 0.15) is 5.01 Å². The van der Waals surface area contributed by atoms with Crippen molar-refractivity contribution in [3.05, 3.63) is 46.7 Å². The Bertz CT molecular complexity index is 857. The summed E-state index contributed by atoms with van der Waals surface area (Å²) in [6.45, 7) is 2.29. The van der Waals surface area contributed by atoms with E-state index in [1.54, 1.807) is 29.5 Å². The number of amides is 1. The Hall–Kier alpha value is -2.54. The van der Waals surface area contributed by atoms with Crippen LogP contribution in [0.25, 0.3) is 10.2 Å². The molecule has 3 aromatic rings. The lowest BCUT2D eigenvalue weighted by Gasteiger charge is -2.17. The van der Waals surface area contributed by atoms with E-state index in [2.05, 4.69) is 15.0 Å². The maximum atomic E-state index is 12.7. The molecule has 24 heavy (non-hydrogen) atoms. The van der Waals surface area contributed by atoms with Crippen molar-refractivity contribution in [1.29, 1.82) is 0 Å². The Kier molecular flexibility index (Phi) is 4.44. The third-order valence-corrected chi connectivity index (χ3v) is 4.68. The van der Waals surface area contributed by atoms with Crippen molar-refractivity contribution in [3.63, 3.8) is 0 Å². The molecule has 0 fully saturated rings. The van der Waals surface area contributed by atoms with Gasteiger partial charge in [-0.1, -0.05) is 12.1 Å². The second kappa shape index (κ2) is 6.52. The van der Waals surface area contributed by atoms with E-state index in [0.29, 0.717) is 23.8 Å². The first-order valence-corrected chi connectivity index (χ1v) is 8.38. The van der Waals surface area contributed by atoms with Crippen LogP contribution >= 0.6 is 11.3 Å². The summed E-state index contributed by atoms with van der Waals surface area (Å²) in [5.41, 5.74) is 2.16. The number of nitrogens with zero attached hydrogens (tertiary/aromatic N) is 5. The van der Waals surface area contributed by atoms with Crippen LogP contribution in [-0.4, -0.2) is 46.9 Å². The SMILES string of the molecule is Cc1nc(N(C)C)ncc1C(=O)N(C)Cc1nc2ccccc2s1. The quantitative estimate of drug-likeness (QED) is 0.730. The van der Waals surface area contributed by atoms with Crippen LogP contribution in [0, 0.1) is 6.92 Å². The van der Waals surface area contributed by atoms with Gasteiger partial charge in [-0.15, -0.1) is 11.3 Å². The van der Waals surface area contributed by atoms with Gasteiger partial charge in [-0.3, -0.25) is 4.79 Å². The van der Waals surface area contributed by atoms with E-state index in [1.165, 1.54) is 0 Å². The third-order valence-electron chi connectivity index (χ3n) is 3.65. The number of fused-ring (bicyclic) bond motifs is 1. The maximum absolute atomic E-state index is 12.7. The predicted octanol–water partition coefficient (Wildman–Crippen LogP) is 2.73. The normalized spacial score (nSPS) is 10.8. The highest BCUT2D eigenvalue weighted by molar-refractivity contribution is 7.18. The highest BCUT2D eigenvalue weighted by Crippen LogP contribution is 2.23. The molecule has 124 valence electrons. The van der Waals surface area contributed by atoms with Crippen LogP contribution in [0.1, 0.15) is 21.1 Å². The van der Waals surface area contributed by atoms with Crippen LogP contribution in [0.5, 0.6) is 0 Å². The molecule has 1 aromatic carbocycles. The molecule has 1 amide bonds. The van der Waals surface area contributed by atoms with Gasteiger partial charge < -0.3 is 9.80 Å². The number of carbonyl (C=O) groups is 1. The summed E-state index contributed by atoms with van der Waals surface area (Å²) in [6, 6.07) is 7.98. The van der Waals surface area contributed by atoms with Gasteiger partial charge in [0, 0.05) is 27.3 Å². The Morgan fingerprint density at radius 3 is 2.58 bits per heavy atom. The van der Waals surface area contributed by atoms with Crippen molar-refractivity contribution in [3.8, 4) is 0 Å². The summed E-state index contributed by atoms with van der Waals surface area (Å²) < 4.78 is 1.13. The van der Waals surface area contributed by atoms with Crippen LogP contribution in [0.4, 0.5) is 5.95 Å². The summed E-state index contributed by atoms with van der Waals surface area (Å²) >= 11 is 1.61. The molecule has 0 N–H and O–H groups in total. The minimum Gasteiger partial charge on any atom is -0.347 e. The first-order chi connectivity index (χ1) is 11.5. The monoisotopic (exact) mass is 341 g/mol. The van der Waals surface area contributed by atoms with Crippen LogP contribution in [0.2, 0.25) is 0 Å².